The van der Waals surface area contributed by atoms with E-state index >= 15 is 0 Å². The van der Waals surface area contributed by atoms with Gasteiger partial charge >= 0.3 is 0 Å². The minimum atomic E-state index is -0.654. The lowest BCUT2D eigenvalue weighted by molar-refractivity contribution is -0.123. The van der Waals surface area contributed by atoms with Crippen LogP contribution in [0.5, 0.6) is 17.2 Å². The van der Waals surface area contributed by atoms with Gasteiger partial charge < -0.3 is 14.9 Å². The zero-order valence-electron chi connectivity index (χ0n) is 14.7. The third-order valence-corrected chi connectivity index (χ3v) is 5.04. The lowest BCUT2D eigenvalue weighted by Gasteiger charge is -2.16. The molecule has 3 rings (SSSR count). The van der Waals surface area contributed by atoms with Gasteiger partial charge in [0.15, 0.2) is 15.8 Å². The first-order valence-corrected chi connectivity index (χ1v) is 9.46. The van der Waals surface area contributed by atoms with Crippen molar-refractivity contribution in [2.45, 2.75) is 6.92 Å². The summed E-state index contributed by atoms with van der Waals surface area (Å²) in [4.78, 5) is 25.3. The minimum absolute atomic E-state index is 0.00137. The number of benzene rings is 2. The van der Waals surface area contributed by atoms with Crippen LogP contribution < -0.4 is 10.2 Å². The predicted molar refractivity (Wildman–Crippen MR) is 110 cm³/mol. The van der Waals surface area contributed by atoms with Crippen LogP contribution in [0.3, 0.4) is 0 Å². The fourth-order valence-corrected chi connectivity index (χ4v) is 3.61. The molecule has 1 heterocycles. The molecule has 0 aliphatic carbocycles. The van der Waals surface area contributed by atoms with Crippen LogP contribution in [0.2, 0.25) is 0 Å². The van der Waals surface area contributed by atoms with Crippen LogP contribution in [-0.2, 0) is 4.79 Å². The van der Waals surface area contributed by atoms with E-state index in [9.17, 15) is 19.8 Å². The fraction of sp³-hybridized carbons (Fsp3) is 0.105. The zero-order valence-corrected chi connectivity index (χ0v) is 16.3. The first-order chi connectivity index (χ1) is 13.4. The number of thioether (sulfide) groups is 1. The van der Waals surface area contributed by atoms with Crippen molar-refractivity contribution in [3.05, 3.63) is 58.5 Å². The molecular formula is C19H16N2O5S2. The number of phenols is 2. The third kappa shape index (κ3) is 4.10. The lowest BCUT2D eigenvalue weighted by Crippen LogP contribution is -2.44. The van der Waals surface area contributed by atoms with Crippen LogP contribution in [0.1, 0.15) is 22.8 Å². The Bertz CT molecular complexity index is 990. The van der Waals surface area contributed by atoms with Crippen molar-refractivity contribution in [3.8, 4) is 17.2 Å². The normalized spacial score (nSPS) is 15.2. The number of para-hydroxylation sites is 1. The molecule has 7 nitrogen and oxygen atoms in total. The number of hydrogen-bond donors (Lipinski definition) is 3. The number of nitrogens with zero attached hydrogens (tertiary/aromatic N) is 1. The van der Waals surface area contributed by atoms with E-state index in [-0.39, 0.29) is 21.4 Å². The summed E-state index contributed by atoms with van der Waals surface area (Å²) in [6, 6.07) is 10.7. The summed E-state index contributed by atoms with van der Waals surface area (Å²) in [5.74, 6) is -1.04. The molecule has 1 aliphatic heterocycles. The van der Waals surface area contributed by atoms with E-state index in [0.29, 0.717) is 22.8 Å². The van der Waals surface area contributed by atoms with Gasteiger partial charge in [-0.2, -0.15) is 5.01 Å². The summed E-state index contributed by atoms with van der Waals surface area (Å²) in [6.07, 6.45) is 1.59. The summed E-state index contributed by atoms with van der Waals surface area (Å²) in [6.45, 7) is 2.18. The van der Waals surface area contributed by atoms with Gasteiger partial charge in [-0.3, -0.25) is 15.0 Å². The molecule has 2 aromatic rings. The Morgan fingerprint density at radius 1 is 1.25 bits per heavy atom. The summed E-state index contributed by atoms with van der Waals surface area (Å²) in [5.41, 5.74) is 3.07. The summed E-state index contributed by atoms with van der Waals surface area (Å²) in [7, 11) is 0. The van der Waals surface area contributed by atoms with Crippen molar-refractivity contribution in [1.29, 1.82) is 0 Å². The molecule has 0 bridgehead atoms. The fourth-order valence-electron chi connectivity index (χ4n) is 2.43. The second kappa shape index (κ2) is 8.32. The van der Waals surface area contributed by atoms with Gasteiger partial charge in [0.2, 0.25) is 0 Å². The average molecular weight is 416 g/mol. The van der Waals surface area contributed by atoms with Crippen molar-refractivity contribution in [2.75, 3.05) is 6.61 Å². The highest BCUT2D eigenvalue weighted by Crippen LogP contribution is 2.34. The Morgan fingerprint density at radius 2 is 2.00 bits per heavy atom. The van der Waals surface area contributed by atoms with E-state index < -0.39 is 11.8 Å². The van der Waals surface area contributed by atoms with Crippen LogP contribution in [0, 0.1) is 0 Å². The molecule has 1 fully saturated rings. The van der Waals surface area contributed by atoms with Gasteiger partial charge in [-0.15, -0.1) is 0 Å². The second-order valence-corrected chi connectivity index (χ2v) is 7.31. The van der Waals surface area contributed by atoms with Gasteiger partial charge in [-0.1, -0.05) is 30.0 Å². The Labute approximate surface area is 170 Å². The van der Waals surface area contributed by atoms with Crippen molar-refractivity contribution in [1.82, 2.24) is 10.4 Å². The van der Waals surface area contributed by atoms with Crippen LogP contribution in [0.4, 0.5) is 0 Å². The first-order valence-electron chi connectivity index (χ1n) is 8.23. The predicted octanol–water partition coefficient (Wildman–Crippen LogP) is 3.04. The molecular weight excluding hydrogens is 400 g/mol. The largest absolute Gasteiger partial charge is 0.507 e. The molecule has 0 atom stereocenters. The zero-order chi connectivity index (χ0) is 20.3. The lowest BCUT2D eigenvalue weighted by atomic mass is 10.2. The van der Waals surface area contributed by atoms with Crippen molar-refractivity contribution < 1.29 is 24.5 Å². The number of rotatable bonds is 5. The van der Waals surface area contributed by atoms with Crippen molar-refractivity contribution >= 4 is 46.2 Å². The second-order valence-electron chi connectivity index (χ2n) is 5.64. The number of ether oxygens (including phenoxy) is 1. The van der Waals surface area contributed by atoms with Crippen molar-refractivity contribution in [3.63, 3.8) is 0 Å². The molecule has 0 spiro atoms. The highest BCUT2D eigenvalue weighted by molar-refractivity contribution is 8.26. The van der Waals surface area contributed by atoms with Gasteiger partial charge in [0.1, 0.15) is 5.75 Å². The molecule has 0 radical (unpaired) electrons. The maximum absolute atomic E-state index is 12.6. The van der Waals surface area contributed by atoms with Crippen LogP contribution in [0.25, 0.3) is 6.08 Å². The average Bonchev–Trinajstić information content (AvgIpc) is 2.92. The monoisotopic (exact) mass is 416 g/mol. The summed E-state index contributed by atoms with van der Waals surface area (Å²) >= 11 is 6.22. The molecule has 1 aliphatic rings. The van der Waals surface area contributed by atoms with Gasteiger partial charge in [-0.25, -0.2) is 0 Å². The van der Waals surface area contributed by atoms with Gasteiger partial charge in [0.05, 0.1) is 17.1 Å². The van der Waals surface area contributed by atoms with Gasteiger partial charge in [0, 0.05) is 0 Å². The van der Waals surface area contributed by atoms with Crippen LogP contribution in [-0.4, -0.2) is 38.0 Å². The molecule has 0 aromatic heterocycles. The quantitative estimate of drug-likeness (QED) is 0.509. The molecule has 0 saturated carbocycles. The number of thiocarbonyl (C=S) groups is 1. The van der Waals surface area contributed by atoms with E-state index in [4.69, 9.17) is 17.0 Å². The maximum Gasteiger partial charge on any atom is 0.285 e. The number of amides is 2. The Kier molecular flexibility index (Phi) is 5.86. The summed E-state index contributed by atoms with van der Waals surface area (Å²) < 4.78 is 5.49. The topological polar surface area (TPSA) is 99.1 Å². The molecule has 1 saturated heterocycles. The molecule has 28 heavy (non-hydrogen) atoms. The van der Waals surface area contributed by atoms with Crippen LogP contribution in [0.15, 0.2) is 47.4 Å². The highest BCUT2D eigenvalue weighted by Gasteiger charge is 2.34. The molecule has 2 amide bonds. The Hall–Kier alpha value is -3.04. The highest BCUT2D eigenvalue weighted by atomic mass is 32.2. The third-order valence-electron chi connectivity index (χ3n) is 3.74. The number of hydrogen-bond acceptors (Lipinski definition) is 7. The van der Waals surface area contributed by atoms with Gasteiger partial charge in [-0.05, 0) is 55.0 Å². The molecule has 0 unspecified atom stereocenters. The number of carbonyl (C=O) groups is 2. The van der Waals surface area contributed by atoms with E-state index in [1.165, 1.54) is 18.2 Å². The van der Waals surface area contributed by atoms with E-state index in [2.05, 4.69) is 5.43 Å². The Morgan fingerprint density at radius 3 is 2.71 bits per heavy atom. The smallest absolute Gasteiger partial charge is 0.285 e. The van der Waals surface area contributed by atoms with E-state index in [1.807, 2.05) is 0 Å². The molecule has 2 aromatic carbocycles. The number of nitrogens with one attached hydrogen (secondary N) is 1. The molecule has 144 valence electrons. The minimum Gasteiger partial charge on any atom is -0.507 e. The van der Waals surface area contributed by atoms with E-state index in [1.54, 1.807) is 37.3 Å². The number of hydrazine groups is 1. The molecule has 3 N–H and O–H groups in total. The van der Waals surface area contributed by atoms with E-state index in [0.717, 1.165) is 16.8 Å². The maximum atomic E-state index is 12.6. The van der Waals surface area contributed by atoms with Gasteiger partial charge in [0.25, 0.3) is 11.8 Å². The first kappa shape index (κ1) is 19.7. The van der Waals surface area contributed by atoms with Crippen LogP contribution >= 0.6 is 24.0 Å². The number of phenolic OH excluding ortho intramolecular Hbond substituents is 2. The molecule has 9 heteroatoms. The summed E-state index contributed by atoms with van der Waals surface area (Å²) in [5, 5.41) is 20.5. The number of aromatic hydroxyl groups is 2. The SMILES string of the molecule is CCOc1cc(/C=C2\SC(=S)N(NC(=O)c3ccccc3O)C2=O)ccc1O. The number of carbonyl (C=O) groups excluding carboxylic acids is 2. The standard InChI is InChI=1S/C19H16N2O5S2/c1-2-26-15-9-11(7-8-14(15)23)10-16-18(25)21(19(27)28-16)20-17(24)12-5-3-4-6-13(12)22/h3-10,22-23H,2H2,1H3,(H,20,24)/b16-10-. The van der Waals surface area contributed by atoms with Crippen molar-refractivity contribution in [2.24, 2.45) is 0 Å². The Balaban J connectivity index is 1.80.